The first-order chi connectivity index (χ1) is 18.1. The van der Waals surface area contributed by atoms with Crippen molar-refractivity contribution in [1.82, 2.24) is 14.5 Å². The van der Waals surface area contributed by atoms with E-state index in [4.69, 9.17) is 11.6 Å². The van der Waals surface area contributed by atoms with Crippen LogP contribution in [0.2, 0.25) is 5.02 Å². The van der Waals surface area contributed by atoms with Crippen molar-refractivity contribution in [3.63, 3.8) is 0 Å². The van der Waals surface area contributed by atoms with Crippen LogP contribution in [0, 0.1) is 5.82 Å². The number of nitrogens with zero attached hydrogens (tertiary/aromatic N) is 3. The lowest BCUT2D eigenvalue weighted by Gasteiger charge is -2.35. The van der Waals surface area contributed by atoms with Crippen LogP contribution in [-0.2, 0) is 26.3 Å². The molecule has 1 fully saturated rings. The fourth-order valence-electron chi connectivity index (χ4n) is 4.63. The predicted molar refractivity (Wildman–Crippen MR) is 147 cm³/mol. The van der Waals surface area contributed by atoms with Gasteiger partial charge in [0.1, 0.15) is 18.4 Å². The first kappa shape index (κ1) is 29.9. The van der Waals surface area contributed by atoms with E-state index in [9.17, 15) is 22.4 Å². The Morgan fingerprint density at radius 2 is 1.68 bits per heavy atom. The molecule has 1 aliphatic rings. The number of para-hydroxylation sites is 1. The van der Waals surface area contributed by atoms with Crippen molar-refractivity contribution in [3.05, 3.63) is 64.9 Å². The number of anilines is 1. The topological polar surface area (TPSA) is 90.0 Å². The molecule has 0 bridgehead atoms. The Morgan fingerprint density at radius 1 is 1.05 bits per heavy atom. The molecule has 0 aromatic heterocycles. The maximum absolute atomic E-state index is 14.8. The lowest BCUT2D eigenvalue weighted by atomic mass is 9.95. The Balaban J connectivity index is 1.98. The number of carbonyl (C=O) groups excluding carboxylic acids is 2. The highest BCUT2D eigenvalue weighted by atomic mass is 35.5. The molecule has 1 atom stereocenters. The zero-order valence-electron chi connectivity index (χ0n) is 22.1. The van der Waals surface area contributed by atoms with Crippen molar-refractivity contribution in [2.75, 3.05) is 24.9 Å². The number of hydrogen-bond donors (Lipinski definition) is 1. The average Bonchev–Trinajstić information content (AvgIpc) is 2.89. The summed E-state index contributed by atoms with van der Waals surface area (Å²) < 4.78 is 42.8. The number of halogens is 2. The molecule has 11 heteroatoms. The van der Waals surface area contributed by atoms with E-state index >= 15 is 0 Å². The lowest BCUT2D eigenvalue weighted by molar-refractivity contribution is -0.140. The highest BCUT2D eigenvalue weighted by Gasteiger charge is 2.35. The Bertz CT molecular complexity index is 1220. The van der Waals surface area contributed by atoms with Crippen molar-refractivity contribution in [3.8, 4) is 0 Å². The van der Waals surface area contributed by atoms with Crippen molar-refractivity contribution in [2.45, 2.75) is 64.1 Å². The maximum Gasteiger partial charge on any atom is 0.304 e. The Labute approximate surface area is 229 Å². The molecule has 0 spiro atoms. The third-order valence-corrected chi connectivity index (χ3v) is 8.95. The van der Waals surface area contributed by atoms with Crippen LogP contribution < -0.4 is 9.62 Å². The quantitative estimate of drug-likeness (QED) is 0.438. The molecule has 2 amide bonds. The Morgan fingerprint density at radius 3 is 2.29 bits per heavy atom. The van der Waals surface area contributed by atoms with Crippen molar-refractivity contribution < 1.29 is 22.4 Å². The summed E-state index contributed by atoms with van der Waals surface area (Å²) in [5.41, 5.74) is 0.353. The van der Waals surface area contributed by atoms with Gasteiger partial charge in [0.2, 0.25) is 11.8 Å². The second kappa shape index (κ2) is 13.4. The number of hydrogen-bond acceptors (Lipinski definition) is 4. The largest absolute Gasteiger partial charge is 0.352 e. The molecule has 2 aromatic rings. The monoisotopic (exact) mass is 566 g/mol. The average molecular weight is 567 g/mol. The predicted octanol–water partition coefficient (Wildman–Crippen LogP) is 4.35. The fraction of sp³-hybridized carbons (Fsp3) is 0.481. The Hall–Kier alpha value is -2.69. The van der Waals surface area contributed by atoms with Crippen molar-refractivity contribution >= 4 is 39.3 Å². The molecule has 38 heavy (non-hydrogen) atoms. The van der Waals surface area contributed by atoms with Gasteiger partial charge >= 0.3 is 10.2 Å². The smallest absolute Gasteiger partial charge is 0.304 e. The molecule has 2 aromatic carbocycles. The maximum atomic E-state index is 14.8. The summed E-state index contributed by atoms with van der Waals surface area (Å²) in [6, 6.07) is 11.5. The van der Waals surface area contributed by atoms with Gasteiger partial charge < -0.3 is 10.2 Å². The molecule has 0 radical (unpaired) electrons. The summed E-state index contributed by atoms with van der Waals surface area (Å²) >= 11 is 6.39. The van der Waals surface area contributed by atoms with E-state index in [2.05, 4.69) is 5.32 Å². The van der Waals surface area contributed by atoms with Gasteiger partial charge in [-0.3, -0.25) is 9.59 Å². The standard InChI is InChI=1S/C27H36ClFN4O4S/c1-4-24(27(35)30-21-13-6-5-7-14-21)32(18-20-12-8-9-15-22(20)28)26(34)19-33(38(36,37)31(2)3)25-17-11-10-16-23(25)29/h8-12,15-17,21,24H,4-7,13-14,18-19H2,1-3H3,(H,30,35). The van der Waals surface area contributed by atoms with Crippen LogP contribution in [0.4, 0.5) is 10.1 Å². The SMILES string of the molecule is CCC(C(=O)NC1CCCCC1)N(Cc1ccccc1Cl)C(=O)CN(c1ccccc1F)S(=O)(=O)N(C)C. The minimum Gasteiger partial charge on any atom is -0.352 e. The molecule has 1 aliphatic carbocycles. The van der Waals surface area contributed by atoms with E-state index in [-0.39, 0.29) is 24.2 Å². The molecular weight excluding hydrogens is 531 g/mol. The molecule has 1 saturated carbocycles. The van der Waals surface area contributed by atoms with Gasteiger partial charge in [-0.2, -0.15) is 12.7 Å². The van der Waals surface area contributed by atoms with Gasteiger partial charge in [-0.15, -0.1) is 0 Å². The van der Waals surface area contributed by atoms with Gasteiger partial charge in [-0.05, 0) is 43.0 Å². The van der Waals surface area contributed by atoms with Crippen LogP contribution in [-0.4, -0.2) is 62.2 Å². The van der Waals surface area contributed by atoms with Crippen LogP contribution in [0.3, 0.4) is 0 Å². The molecular formula is C27H36ClFN4O4S. The summed E-state index contributed by atoms with van der Waals surface area (Å²) in [6.07, 6.45) is 5.25. The van der Waals surface area contributed by atoms with E-state index in [1.165, 1.54) is 37.2 Å². The van der Waals surface area contributed by atoms with Gasteiger partial charge in [0, 0.05) is 31.7 Å². The van der Waals surface area contributed by atoms with Crippen LogP contribution in [0.15, 0.2) is 48.5 Å². The summed E-state index contributed by atoms with van der Waals surface area (Å²) in [5, 5.41) is 3.50. The first-order valence-electron chi connectivity index (χ1n) is 12.8. The third kappa shape index (κ3) is 7.24. The molecule has 1 N–H and O–H groups in total. The zero-order chi connectivity index (χ0) is 27.9. The van der Waals surface area contributed by atoms with Gasteiger partial charge in [0.05, 0.1) is 5.69 Å². The molecule has 0 aliphatic heterocycles. The number of nitrogens with one attached hydrogen (secondary N) is 1. The first-order valence-corrected chi connectivity index (χ1v) is 14.6. The number of benzene rings is 2. The summed E-state index contributed by atoms with van der Waals surface area (Å²) in [4.78, 5) is 28.7. The molecule has 3 rings (SSSR count). The molecule has 1 unspecified atom stereocenters. The third-order valence-electron chi connectivity index (χ3n) is 6.78. The lowest BCUT2D eigenvalue weighted by Crippen LogP contribution is -2.54. The normalized spacial score (nSPS) is 15.2. The van der Waals surface area contributed by atoms with E-state index in [0.29, 0.717) is 17.0 Å². The van der Waals surface area contributed by atoms with Crippen molar-refractivity contribution in [2.24, 2.45) is 0 Å². The minimum absolute atomic E-state index is 0.0117. The number of carbonyl (C=O) groups is 2. The minimum atomic E-state index is -4.25. The summed E-state index contributed by atoms with van der Waals surface area (Å²) in [5.74, 6) is -1.73. The molecule has 0 saturated heterocycles. The van der Waals surface area contributed by atoms with Gasteiger partial charge in [-0.1, -0.05) is 68.1 Å². The fourth-order valence-corrected chi connectivity index (χ4v) is 5.89. The molecule has 8 nitrogen and oxygen atoms in total. The Kier molecular flexibility index (Phi) is 10.5. The zero-order valence-corrected chi connectivity index (χ0v) is 23.6. The van der Waals surface area contributed by atoms with Gasteiger partial charge in [-0.25, -0.2) is 8.70 Å². The second-order valence-electron chi connectivity index (χ2n) is 9.63. The second-order valence-corrected chi connectivity index (χ2v) is 12.1. The number of rotatable bonds is 11. The van der Waals surface area contributed by atoms with E-state index < -0.39 is 34.5 Å². The van der Waals surface area contributed by atoms with Crippen LogP contribution in [0.1, 0.15) is 51.0 Å². The van der Waals surface area contributed by atoms with Crippen molar-refractivity contribution in [1.29, 1.82) is 0 Å². The summed E-state index contributed by atoms with van der Waals surface area (Å²) in [6.45, 7) is 1.09. The van der Waals surface area contributed by atoms with E-state index in [1.807, 2.05) is 0 Å². The molecule has 208 valence electrons. The van der Waals surface area contributed by atoms with Crippen LogP contribution in [0.5, 0.6) is 0 Å². The molecule has 0 heterocycles. The highest BCUT2D eigenvalue weighted by molar-refractivity contribution is 7.90. The van der Waals surface area contributed by atoms with Gasteiger partial charge in [0.25, 0.3) is 0 Å². The summed E-state index contributed by atoms with van der Waals surface area (Å²) in [7, 11) is -1.63. The van der Waals surface area contributed by atoms with Crippen LogP contribution in [0.25, 0.3) is 0 Å². The van der Waals surface area contributed by atoms with E-state index in [0.717, 1.165) is 46.8 Å². The van der Waals surface area contributed by atoms with Gasteiger partial charge in [0.15, 0.2) is 0 Å². The van der Waals surface area contributed by atoms with Crippen LogP contribution >= 0.6 is 11.6 Å². The van der Waals surface area contributed by atoms with E-state index in [1.54, 1.807) is 31.2 Å². The number of amides is 2. The highest BCUT2D eigenvalue weighted by Crippen LogP contribution is 2.25.